The molecule has 0 unspecified atom stereocenters. The number of carbonyl (C=O) groups excluding carboxylic acids is 1. The van der Waals surface area contributed by atoms with Crippen LogP contribution in [0.3, 0.4) is 0 Å². The second-order valence-electron chi connectivity index (χ2n) is 6.07. The summed E-state index contributed by atoms with van der Waals surface area (Å²) in [4.78, 5) is 12.2. The molecule has 1 atom stereocenters. The molecule has 0 spiro atoms. The Hall–Kier alpha value is -0.820. The van der Waals surface area contributed by atoms with E-state index in [4.69, 9.17) is 23.2 Å². The summed E-state index contributed by atoms with van der Waals surface area (Å²) in [6.07, 6.45) is 1.87. The fourth-order valence-electron chi connectivity index (χ4n) is 2.64. The first-order valence-corrected chi connectivity index (χ1v) is 10.2. The molecule has 0 saturated carbocycles. The highest BCUT2D eigenvalue weighted by atomic mass is 35.5. The lowest BCUT2D eigenvalue weighted by atomic mass is 9.97. The zero-order valence-corrected chi connectivity index (χ0v) is 16.1. The van der Waals surface area contributed by atoms with Crippen molar-refractivity contribution in [1.82, 2.24) is 9.62 Å². The van der Waals surface area contributed by atoms with Gasteiger partial charge in [0.25, 0.3) is 0 Å². The maximum atomic E-state index is 12.7. The van der Waals surface area contributed by atoms with Gasteiger partial charge >= 0.3 is 0 Å². The van der Waals surface area contributed by atoms with E-state index in [-0.39, 0.29) is 27.8 Å². The predicted molar refractivity (Wildman–Crippen MR) is 95.8 cm³/mol. The molecule has 1 aromatic rings. The van der Waals surface area contributed by atoms with Gasteiger partial charge in [-0.2, -0.15) is 4.31 Å². The number of hydrogen-bond acceptors (Lipinski definition) is 3. The topological polar surface area (TPSA) is 66.5 Å². The van der Waals surface area contributed by atoms with Gasteiger partial charge in [0, 0.05) is 30.1 Å². The molecule has 8 heteroatoms. The Morgan fingerprint density at radius 2 is 1.96 bits per heavy atom. The Morgan fingerprint density at radius 3 is 2.54 bits per heavy atom. The van der Waals surface area contributed by atoms with Crippen LogP contribution >= 0.6 is 23.2 Å². The van der Waals surface area contributed by atoms with Crippen molar-refractivity contribution >= 4 is 39.1 Å². The molecule has 24 heavy (non-hydrogen) atoms. The second-order valence-corrected chi connectivity index (χ2v) is 8.82. The van der Waals surface area contributed by atoms with Crippen LogP contribution in [0.5, 0.6) is 0 Å². The number of amides is 1. The largest absolute Gasteiger partial charge is 0.353 e. The van der Waals surface area contributed by atoms with Crippen molar-refractivity contribution in [3.8, 4) is 0 Å². The summed E-state index contributed by atoms with van der Waals surface area (Å²) in [5.41, 5.74) is 0. The van der Waals surface area contributed by atoms with Gasteiger partial charge in [-0.25, -0.2) is 8.42 Å². The monoisotopic (exact) mass is 392 g/mol. The number of nitrogens with zero attached hydrogens (tertiary/aromatic N) is 1. The van der Waals surface area contributed by atoms with E-state index in [1.807, 2.05) is 13.8 Å². The number of carbonyl (C=O) groups is 1. The normalized spacial score (nSPS) is 18.3. The molecule has 1 amide bonds. The first-order chi connectivity index (χ1) is 11.3. The van der Waals surface area contributed by atoms with Crippen LogP contribution in [0.4, 0.5) is 0 Å². The number of piperidine rings is 1. The summed E-state index contributed by atoms with van der Waals surface area (Å²) in [5.74, 6) is -0.150. The summed E-state index contributed by atoms with van der Waals surface area (Å²) in [7, 11) is -3.71. The lowest BCUT2D eigenvalue weighted by Gasteiger charge is -2.31. The van der Waals surface area contributed by atoms with Gasteiger partial charge in [-0.15, -0.1) is 0 Å². The first-order valence-electron chi connectivity index (χ1n) is 8.01. The molecule has 134 valence electrons. The SMILES string of the molecule is CC[C@@H](C)NC(=O)C1CCN(S(=O)(=O)c2cc(Cl)ccc2Cl)CC1. The van der Waals surface area contributed by atoms with Gasteiger partial charge in [0.05, 0.1) is 5.02 Å². The minimum Gasteiger partial charge on any atom is -0.353 e. The average Bonchev–Trinajstić information content (AvgIpc) is 2.56. The van der Waals surface area contributed by atoms with E-state index in [0.29, 0.717) is 31.0 Å². The summed E-state index contributed by atoms with van der Waals surface area (Å²) in [5, 5.41) is 3.42. The molecule has 5 nitrogen and oxygen atoms in total. The molecular formula is C16H22Cl2N2O3S. The smallest absolute Gasteiger partial charge is 0.244 e. The number of nitrogens with one attached hydrogen (secondary N) is 1. The Kier molecular flexibility index (Phi) is 6.53. The predicted octanol–water partition coefficient (Wildman–Crippen LogP) is 3.31. The zero-order chi connectivity index (χ0) is 17.9. The number of halogens is 2. The van der Waals surface area contributed by atoms with Crippen molar-refractivity contribution in [1.29, 1.82) is 0 Å². The molecule has 0 radical (unpaired) electrons. The van der Waals surface area contributed by atoms with Gasteiger partial charge in [-0.3, -0.25) is 4.79 Å². The number of hydrogen-bond donors (Lipinski definition) is 1. The van der Waals surface area contributed by atoms with Crippen LogP contribution in [0.15, 0.2) is 23.1 Å². The van der Waals surface area contributed by atoms with Crippen LogP contribution in [-0.4, -0.2) is 37.8 Å². The van der Waals surface area contributed by atoms with E-state index in [1.54, 1.807) is 6.07 Å². The van der Waals surface area contributed by atoms with Crippen molar-refractivity contribution in [2.24, 2.45) is 5.92 Å². The number of benzene rings is 1. The molecule has 0 aliphatic carbocycles. The maximum absolute atomic E-state index is 12.7. The molecule has 2 rings (SSSR count). The lowest BCUT2D eigenvalue weighted by Crippen LogP contribution is -2.44. The van der Waals surface area contributed by atoms with Crippen LogP contribution in [0.1, 0.15) is 33.1 Å². The van der Waals surface area contributed by atoms with E-state index < -0.39 is 10.0 Å². The van der Waals surface area contributed by atoms with Crippen LogP contribution in [-0.2, 0) is 14.8 Å². The molecule has 1 aromatic carbocycles. The highest BCUT2D eigenvalue weighted by Gasteiger charge is 2.33. The van der Waals surface area contributed by atoms with Crippen molar-refractivity contribution in [2.45, 2.75) is 44.0 Å². The molecule has 1 N–H and O–H groups in total. The van der Waals surface area contributed by atoms with E-state index in [2.05, 4.69) is 5.32 Å². The van der Waals surface area contributed by atoms with Crippen molar-refractivity contribution in [2.75, 3.05) is 13.1 Å². The van der Waals surface area contributed by atoms with Crippen LogP contribution in [0.25, 0.3) is 0 Å². The molecule has 1 aliphatic heterocycles. The number of sulfonamides is 1. The van der Waals surface area contributed by atoms with Crippen molar-refractivity contribution in [3.05, 3.63) is 28.2 Å². The molecule has 1 heterocycles. The third-order valence-electron chi connectivity index (χ3n) is 4.34. The van der Waals surface area contributed by atoms with E-state index in [1.165, 1.54) is 16.4 Å². The third kappa shape index (κ3) is 4.42. The average molecular weight is 393 g/mol. The summed E-state index contributed by atoms with van der Waals surface area (Å²) in [6.45, 7) is 4.56. The fourth-order valence-corrected chi connectivity index (χ4v) is 4.84. The minimum absolute atomic E-state index is 0.00202. The molecule has 0 aromatic heterocycles. The van der Waals surface area contributed by atoms with E-state index in [0.717, 1.165) is 6.42 Å². The standard InChI is InChI=1S/C16H22Cl2N2O3S/c1-3-11(2)19-16(21)12-6-8-20(9-7-12)24(22,23)15-10-13(17)4-5-14(15)18/h4-5,10-12H,3,6-9H2,1-2H3,(H,19,21)/t11-/m1/s1. The number of rotatable bonds is 5. The summed E-state index contributed by atoms with van der Waals surface area (Å²) in [6, 6.07) is 4.52. The highest BCUT2D eigenvalue weighted by molar-refractivity contribution is 7.89. The van der Waals surface area contributed by atoms with Crippen molar-refractivity contribution < 1.29 is 13.2 Å². The summed E-state index contributed by atoms with van der Waals surface area (Å²) < 4.78 is 26.9. The fraction of sp³-hybridized carbons (Fsp3) is 0.562. The third-order valence-corrected chi connectivity index (χ3v) is 6.95. The first kappa shape index (κ1) is 19.5. The van der Waals surface area contributed by atoms with Gasteiger partial charge in [-0.1, -0.05) is 30.1 Å². The molecule has 1 fully saturated rings. The highest BCUT2D eigenvalue weighted by Crippen LogP contribution is 2.30. The van der Waals surface area contributed by atoms with E-state index in [9.17, 15) is 13.2 Å². The van der Waals surface area contributed by atoms with Gasteiger partial charge in [0.2, 0.25) is 15.9 Å². The van der Waals surface area contributed by atoms with Crippen molar-refractivity contribution in [3.63, 3.8) is 0 Å². The van der Waals surface area contributed by atoms with Gasteiger partial charge in [0.1, 0.15) is 4.90 Å². The second kappa shape index (κ2) is 8.04. The molecule has 1 saturated heterocycles. The van der Waals surface area contributed by atoms with Crippen LogP contribution < -0.4 is 5.32 Å². The Morgan fingerprint density at radius 1 is 1.33 bits per heavy atom. The Labute approximate surface area is 153 Å². The van der Waals surface area contributed by atoms with Crippen LogP contribution in [0.2, 0.25) is 10.0 Å². The Bertz CT molecular complexity index is 701. The molecular weight excluding hydrogens is 371 g/mol. The minimum atomic E-state index is -3.71. The molecule has 1 aliphatic rings. The lowest BCUT2D eigenvalue weighted by molar-refractivity contribution is -0.126. The van der Waals surface area contributed by atoms with Gasteiger partial charge in [0.15, 0.2) is 0 Å². The van der Waals surface area contributed by atoms with Gasteiger partial charge < -0.3 is 5.32 Å². The molecule has 0 bridgehead atoms. The van der Waals surface area contributed by atoms with Gasteiger partial charge in [-0.05, 0) is 44.4 Å². The maximum Gasteiger partial charge on any atom is 0.244 e. The van der Waals surface area contributed by atoms with Crippen LogP contribution in [0, 0.1) is 5.92 Å². The van der Waals surface area contributed by atoms with E-state index >= 15 is 0 Å². The zero-order valence-electron chi connectivity index (χ0n) is 13.8. The Balaban J connectivity index is 2.06. The quantitative estimate of drug-likeness (QED) is 0.835. The summed E-state index contributed by atoms with van der Waals surface area (Å²) >= 11 is 11.9.